The third kappa shape index (κ3) is 3.53. The normalized spacial score (nSPS) is 10.4. The molecular formula is C15H14BrNO6. The van der Waals surface area contributed by atoms with Crippen LogP contribution in [0.4, 0.5) is 5.88 Å². The van der Waals surface area contributed by atoms with E-state index < -0.39 is 11.9 Å². The lowest BCUT2D eigenvalue weighted by Crippen LogP contribution is -2.15. The van der Waals surface area contributed by atoms with Crippen LogP contribution < -0.4 is 5.32 Å². The molecule has 7 nitrogen and oxygen atoms in total. The summed E-state index contributed by atoms with van der Waals surface area (Å²) >= 11 is 3.09. The van der Waals surface area contributed by atoms with E-state index >= 15 is 0 Å². The maximum atomic E-state index is 12.1. The van der Waals surface area contributed by atoms with Crippen LogP contribution in [-0.2, 0) is 4.74 Å². The summed E-state index contributed by atoms with van der Waals surface area (Å²) in [6.07, 6.45) is 0. The molecule has 0 atom stereocenters. The quantitative estimate of drug-likeness (QED) is 0.625. The van der Waals surface area contributed by atoms with E-state index in [1.807, 2.05) is 0 Å². The molecule has 1 amide bonds. The van der Waals surface area contributed by atoms with E-state index in [1.165, 1.54) is 19.9 Å². The minimum Gasteiger partial charge on any atom is -0.462 e. The number of anilines is 1. The van der Waals surface area contributed by atoms with Gasteiger partial charge < -0.3 is 13.6 Å². The molecule has 2 aromatic heterocycles. The highest BCUT2D eigenvalue weighted by Gasteiger charge is 2.29. The molecule has 122 valence electrons. The predicted molar refractivity (Wildman–Crippen MR) is 83.8 cm³/mol. The molecule has 0 fully saturated rings. The van der Waals surface area contributed by atoms with E-state index in [4.69, 9.17) is 13.6 Å². The largest absolute Gasteiger partial charge is 0.462 e. The Morgan fingerprint density at radius 1 is 1.22 bits per heavy atom. The van der Waals surface area contributed by atoms with Gasteiger partial charge in [-0.15, -0.1) is 0 Å². The first-order valence-corrected chi connectivity index (χ1v) is 7.52. The van der Waals surface area contributed by atoms with Gasteiger partial charge in [0.15, 0.2) is 16.2 Å². The van der Waals surface area contributed by atoms with Crippen LogP contribution in [0, 0.1) is 6.92 Å². The molecule has 8 heteroatoms. The predicted octanol–water partition coefficient (Wildman–Crippen LogP) is 3.58. The number of nitrogens with one attached hydrogen (secondary N) is 1. The fraction of sp³-hybridized carbons (Fsp3) is 0.267. The SMILES string of the molecule is CCOC(=O)c1c(NC(=O)c2ccc(Br)o2)oc(C)c1C(C)=O. The molecule has 0 saturated carbocycles. The second kappa shape index (κ2) is 6.82. The number of Topliss-reactive ketones (excluding diaryl/α,β-unsaturated/α-hetero) is 1. The minimum absolute atomic E-state index is 0.0186. The van der Waals surface area contributed by atoms with Crippen molar-refractivity contribution in [2.45, 2.75) is 20.8 Å². The summed E-state index contributed by atoms with van der Waals surface area (Å²) < 4.78 is 15.8. The van der Waals surface area contributed by atoms with Crippen molar-refractivity contribution in [3.05, 3.63) is 39.4 Å². The third-order valence-electron chi connectivity index (χ3n) is 2.94. The van der Waals surface area contributed by atoms with Crippen LogP contribution in [0.1, 0.15) is 50.9 Å². The van der Waals surface area contributed by atoms with Crippen molar-refractivity contribution in [2.24, 2.45) is 0 Å². The summed E-state index contributed by atoms with van der Waals surface area (Å²) in [6, 6.07) is 3.00. The molecule has 0 aliphatic heterocycles. The molecule has 0 radical (unpaired) electrons. The van der Waals surface area contributed by atoms with Gasteiger partial charge in [0.05, 0.1) is 12.2 Å². The summed E-state index contributed by atoms with van der Waals surface area (Å²) in [7, 11) is 0. The maximum Gasteiger partial charge on any atom is 0.344 e. The van der Waals surface area contributed by atoms with Crippen LogP contribution in [0.3, 0.4) is 0 Å². The van der Waals surface area contributed by atoms with E-state index in [-0.39, 0.29) is 40.9 Å². The average Bonchev–Trinajstić information content (AvgIpc) is 3.02. The van der Waals surface area contributed by atoms with Gasteiger partial charge in [-0.3, -0.25) is 14.9 Å². The first-order valence-electron chi connectivity index (χ1n) is 6.73. The Morgan fingerprint density at radius 2 is 1.91 bits per heavy atom. The lowest BCUT2D eigenvalue weighted by molar-refractivity contribution is 0.0524. The molecule has 2 rings (SSSR count). The van der Waals surface area contributed by atoms with Gasteiger partial charge in [0.25, 0.3) is 5.91 Å². The first-order chi connectivity index (χ1) is 10.8. The van der Waals surface area contributed by atoms with E-state index in [9.17, 15) is 14.4 Å². The van der Waals surface area contributed by atoms with Crippen molar-refractivity contribution < 1.29 is 28.0 Å². The second-order valence-electron chi connectivity index (χ2n) is 4.57. The van der Waals surface area contributed by atoms with Crippen molar-refractivity contribution in [3.8, 4) is 0 Å². The number of hydrogen-bond acceptors (Lipinski definition) is 6. The van der Waals surface area contributed by atoms with Gasteiger partial charge in [-0.1, -0.05) is 0 Å². The van der Waals surface area contributed by atoms with Crippen LogP contribution in [-0.4, -0.2) is 24.3 Å². The zero-order valence-corrected chi connectivity index (χ0v) is 14.3. The monoisotopic (exact) mass is 383 g/mol. The number of rotatable bonds is 5. The summed E-state index contributed by atoms with van der Waals surface area (Å²) in [5, 5.41) is 2.42. The fourth-order valence-electron chi connectivity index (χ4n) is 2.06. The first kappa shape index (κ1) is 17.0. The molecule has 2 heterocycles. The number of ether oxygens (including phenoxy) is 1. The number of carbonyl (C=O) groups excluding carboxylic acids is 3. The minimum atomic E-state index is -0.745. The number of carbonyl (C=O) groups is 3. The number of furan rings is 2. The number of esters is 1. The van der Waals surface area contributed by atoms with Gasteiger partial charge in [0.2, 0.25) is 5.88 Å². The topological polar surface area (TPSA) is 98.8 Å². The molecule has 0 aliphatic rings. The molecule has 0 spiro atoms. The molecule has 0 aliphatic carbocycles. The van der Waals surface area contributed by atoms with Crippen LogP contribution in [0.25, 0.3) is 0 Å². The molecular weight excluding hydrogens is 370 g/mol. The van der Waals surface area contributed by atoms with Crippen molar-refractivity contribution >= 4 is 39.5 Å². The summed E-state index contributed by atoms with van der Waals surface area (Å²) in [5.41, 5.74) is -0.0183. The van der Waals surface area contributed by atoms with Crippen LogP contribution >= 0.6 is 15.9 Å². The Bertz CT molecular complexity index is 773. The average molecular weight is 384 g/mol. The van der Waals surface area contributed by atoms with Crippen molar-refractivity contribution in [2.75, 3.05) is 11.9 Å². The van der Waals surface area contributed by atoms with Crippen molar-refractivity contribution in [1.29, 1.82) is 0 Å². The van der Waals surface area contributed by atoms with E-state index in [1.54, 1.807) is 13.0 Å². The number of ketones is 1. The Kier molecular flexibility index (Phi) is 5.05. The lowest BCUT2D eigenvalue weighted by atomic mass is 10.1. The third-order valence-corrected chi connectivity index (χ3v) is 3.37. The Morgan fingerprint density at radius 3 is 2.43 bits per heavy atom. The molecule has 0 saturated heterocycles. The standard InChI is InChI=1S/C15H14BrNO6/c1-4-21-15(20)12-11(7(2)18)8(3)22-14(12)17-13(19)9-5-6-10(16)23-9/h5-6H,4H2,1-3H3,(H,17,19). The van der Waals surface area contributed by atoms with Gasteiger partial charge in [-0.2, -0.15) is 0 Å². The number of aryl methyl sites for hydroxylation is 1. The van der Waals surface area contributed by atoms with Gasteiger partial charge in [0.1, 0.15) is 11.3 Å². The Labute approximate surface area is 140 Å². The van der Waals surface area contributed by atoms with Crippen molar-refractivity contribution in [1.82, 2.24) is 0 Å². The zero-order chi connectivity index (χ0) is 17.1. The zero-order valence-electron chi connectivity index (χ0n) is 12.7. The molecule has 2 aromatic rings. The van der Waals surface area contributed by atoms with E-state index in [2.05, 4.69) is 21.2 Å². The molecule has 23 heavy (non-hydrogen) atoms. The number of amides is 1. The van der Waals surface area contributed by atoms with E-state index in [0.29, 0.717) is 4.67 Å². The summed E-state index contributed by atoms with van der Waals surface area (Å²) in [5.74, 6) is -1.64. The molecule has 0 unspecified atom stereocenters. The van der Waals surface area contributed by atoms with Crippen LogP contribution in [0.2, 0.25) is 0 Å². The summed E-state index contributed by atoms with van der Waals surface area (Å²) in [6.45, 7) is 4.59. The summed E-state index contributed by atoms with van der Waals surface area (Å²) in [4.78, 5) is 36.0. The van der Waals surface area contributed by atoms with E-state index in [0.717, 1.165) is 0 Å². The highest BCUT2D eigenvalue weighted by Crippen LogP contribution is 2.29. The second-order valence-corrected chi connectivity index (χ2v) is 5.35. The van der Waals surface area contributed by atoms with Gasteiger partial charge in [-0.05, 0) is 48.8 Å². The van der Waals surface area contributed by atoms with Crippen molar-refractivity contribution in [3.63, 3.8) is 0 Å². The smallest absolute Gasteiger partial charge is 0.344 e. The van der Waals surface area contributed by atoms with Gasteiger partial charge >= 0.3 is 5.97 Å². The molecule has 1 N–H and O–H groups in total. The number of halogens is 1. The van der Waals surface area contributed by atoms with Crippen LogP contribution in [0.15, 0.2) is 25.6 Å². The Hall–Kier alpha value is -2.35. The van der Waals surface area contributed by atoms with Gasteiger partial charge in [0, 0.05) is 0 Å². The molecule has 0 aromatic carbocycles. The lowest BCUT2D eigenvalue weighted by Gasteiger charge is -2.05. The Balaban J connectivity index is 2.41. The van der Waals surface area contributed by atoms with Gasteiger partial charge in [-0.25, -0.2) is 4.79 Å². The fourth-order valence-corrected chi connectivity index (χ4v) is 2.36. The van der Waals surface area contributed by atoms with Crippen LogP contribution in [0.5, 0.6) is 0 Å². The highest BCUT2D eigenvalue weighted by molar-refractivity contribution is 9.10. The number of hydrogen-bond donors (Lipinski definition) is 1. The highest BCUT2D eigenvalue weighted by atomic mass is 79.9. The molecule has 0 bridgehead atoms. The maximum absolute atomic E-state index is 12.1.